The molecule has 1 aliphatic heterocycles. The van der Waals surface area contributed by atoms with Gasteiger partial charge >= 0.3 is 0 Å². The highest BCUT2D eigenvalue weighted by Crippen LogP contribution is 2.29. The molecule has 172 valence electrons. The molecule has 2 aromatic heterocycles. The number of benzene rings is 1. The van der Waals surface area contributed by atoms with Crippen molar-refractivity contribution >= 4 is 28.4 Å². The molecule has 1 aromatic carbocycles. The number of hydrogen-bond acceptors (Lipinski definition) is 7. The first-order valence-electron chi connectivity index (χ1n) is 10.6. The van der Waals surface area contributed by atoms with Gasteiger partial charge in [-0.05, 0) is 12.5 Å². The van der Waals surface area contributed by atoms with Crippen LogP contribution in [0.5, 0.6) is 0 Å². The van der Waals surface area contributed by atoms with Crippen molar-refractivity contribution in [2.45, 2.75) is 13.0 Å². The molecule has 3 aromatic rings. The molecular weight excluding hydrogens is 425 g/mol. The highest BCUT2D eigenvalue weighted by Gasteiger charge is 2.31. The van der Waals surface area contributed by atoms with Crippen LogP contribution < -0.4 is 16.6 Å². The molecule has 1 fully saturated rings. The zero-order valence-electron chi connectivity index (χ0n) is 18.2. The van der Waals surface area contributed by atoms with Gasteiger partial charge in [0.15, 0.2) is 11.6 Å². The number of H-pyrrole nitrogens is 1. The summed E-state index contributed by atoms with van der Waals surface area (Å²) in [5.41, 5.74) is 6.70. The van der Waals surface area contributed by atoms with Crippen molar-refractivity contribution in [1.29, 1.82) is 0 Å². The maximum absolute atomic E-state index is 14.6. The minimum atomic E-state index is -0.778. The summed E-state index contributed by atoms with van der Waals surface area (Å²) in [5.74, 6) is 3.87. The summed E-state index contributed by atoms with van der Waals surface area (Å²) in [5, 5.41) is 1.07. The summed E-state index contributed by atoms with van der Waals surface area (Å²) in [7, 11) is 0. The molecule has 3 heterocycles. The fourth-order valence-corrected chi connectivity index (χ4v) is 4.15. The molecule has 5 N–H and O–H groups in total. The monoisotopic (exact) mass is 451 g/mol. The third-order valence-corrected chi connectivity index (χ3v) is 6.00. The number of nitrogens with one attached hydrogen (secondary N) is 1. The largest absolute Gasteiger partial charge is 0.403 e. The van der Waals surface area contributed by atoms with E-state index < -0.39 is 17.5 Å². The van der Waals surface area contributed by atoms with Crippen LogP contribution >= 0.6 is 0 Å². The van der Waals surface area contributed by atoms with Crippen LogP contribution in [0.15, 0.2) is 55.1 Å². The molecule has 1 aliphatic rings. The highest BCUT2D eigenvalue weighted by molar-refractivity contribution is 6.45. The molecule has 0 bridgehead atoms. The van der Waals surface area contributed by atoms with Crippen LogP contribution in [0.2, 0.25) is 0 Å². The first-order chi connectivity index (χ1) is 15.9. The fraction of sp³-hybridized carbons (Fsp3) is 0.261. The molecular formula is C23H26FN7O2. The number of ketones is 1. The number of nitrogens with zero attached hydrogens (tertiary/aromatic N) is 4. The zero-order chi connectivity index (χ0) is 23.5. The van der Waals surface area contributed by atoms with Crippen LogP contribution in [0.1, 0.15) is 28.9 Å². The number of pyridine rings is 1. The molecule has 1 atom stereocenters. The summed E-state index contributed by atoms with van der Waals surface area (Å²) in [6, 6.07) is 10.3. The second-order valence-corrected chi connectivity index (χ2v) is 7.87. The number of amides is 1. The lowest BCUT2D eigenvalue weighted by Crippen LogP contribution is -2.51. The van der Waals surface area contributed by atoms with Crippen molar-refractivity contribution in [3.8, 4) is 0 Å². The van der Waals surface area contributed by atoms with E-state index in [-0.39, 0.29) is 28.3 Å². The molecule has 1 saturated heterocycles. The number of rotatable bonds is 6. The Labute approximate surface area is 190 Å². The van der Waals surface area contributed by atoms with Gasteiger partial charge in [0, 0.05) is 50.8 Å². The number of piperazine rings is 1. The van der Waals surface area contributed by atoms with E-state index in [0.717, 1.165) is 11.2 Å². The topological polar surface area (TPSA) is 125 Å². The Balaban J connectivity index is 1.50. The molecule has 0 spiro atoms. The Hall–Kier alpha value is -3.76. The standard InChI is InChI=1S/C23H26FN7O2/c1-15(16-5-3-2-4-6-16)29-9-11-30(12-10-29)23(33)21(32)17-13-27-20-19(17)18(24)14-28-22(20)31(26)8-7-25/h2-8,13-15,27H,9-12,25-26H2,1H3/b8-7-. The van der Waals surface area contributed by atoms with Gasteiger partial charge in [-0.15, -0.1) is 0 Å². The van der Waals surface area contributed by atoms with Gasteiger partial charge in [-0.2, -0.15) is 0 Å². The number of carbonyl (C=O) groups excluding carboxylic acids is 2. The first kappa shape index (κ1) is 22.4. The predicted octanol–water partition coefficient (Wildman–Crippen LogP) is 1.90. The number of Topliss-reactive ketones (excluding diaryl/α,β-unsaturated/α-hetero) is 1. The van der Waals surface area contributed by atoms with Crippen molar-refractivity contribution in [3.05, 3.63) is 72.1 Å². The number of fused-ring (bicyclic) bond motifs is 1. The highest BCUT2D eigenvalue weighted by atomic mass is 19.1. The predicted molar refractivity (Wildman–Crippen MR) is 123 cm³/mol. The summed E-state index contributed by atoms with van der Waals surface area (Å²) in [6.07, 6.45) is 4.81. The Bertz CT molecular complexity index is 1190. The summed E-state index contributed by atoms with van der Waals surface area (Å²) >= 11 is 0. The number of hydrogen-bond donors (Lipinski definition) is 3. The van der Waals surface area contributed by atoms with Crippen LogP contribution in [-0.4, -0.2) is 57.6 Å². The van der Waals surface area contributed by atoms with E-state index in [0.29, 0.717) is 26.2 Å². The minimum absolute atomic E-state index is 0.0319. The van der Waals surface area contributed by atoms with Crippen molar-refractivity contribution in [1.82, 2.24) is 19.8 Å². The SMILES string of the molecule is CC(c1ccccc1)N1CCN(C(=O)C(=O)c2c[nH]c3c(N(N)/C=C\N)ncc(F)c23)CC1. The van der Waals surface area contributed by atoms with Gasteiger partial charge in [-0.3, -0.25) is 19.5 Å². The van der Waals surface area contributed by atoms with Gasteiger partial charge in [-0.25, -0.2) is 15.2 Å². The third-order valence-electron chi connectivity index (χ3n) is 6.00. The van der Waals surface area contributed by atoms with E-state index in [2.05, 4.69) is 33.9 Å². The molecule has 0 radical (unpaired) electrons. The van der Waals surface area contributed by atoms with Gasteiger partial charge in [0.1, 0.15) is 0 Å². The van der Waals surface area contributed by atoms with Gasteiger partial charge in [0.25, 0.3) is 11.7 Å². The molecule has 9 nitrogen and oxygen atoms in total. The van der Waals surface area contributed by atoms with Crippen LogP contribution in [-0.2, 0) is 4.79 Å². The average molecular weight is 452 g/mol. The quantitative estimate of drug-likeness (QED) is 0.226. The third kappa shape index (κ3) is 4.30. The lowest BCUT2D eigenvalue weighted by atomic mass is 10.1. The fourth-order valence-electron chi connectivity index (χ4n) is 4.15. The lowest BCUT2D eigenvalue weighted by Gasteiger charge is -2.38. The Morgan fingerprint density at radius 1 is 1.21 bits per heavy atom. The van der Waals surface area contributed by atoms with Crippen LogP contribution in [0, 0.1) is 5.82 Å². The Morgan fingerprint density at radius 2 is 1.91 bits per heavy atom. The summed E-state index contributed by atoms with van der Waals surface area (Å²) < 4.78 is 14.6. The first-order valence-corrected chi connectivity index (χ1v) is 10.6. The maximum atomic E-state index is 14.6. The van der Waals surface area contributed by atoms with Gasteiger partial charge < -0.3 is 15.6 Å². The molecule has 10 heteroatoms. The molecule has 1 amide bonds. The average Bonchev–Trinajstić information content (AvgIpc) is 3.30. The smallest absolute Gasteiger partial charge is 0.295 e. The summed E-state index contributed by atoms with van der Waals surface area (Å²) in [4.78, 5) is 36.5. The lowest BCUT2D eigenvalue weighted by molar-refractivity contribution is -0.128. The number of nitrogens with two attached hydrogens (primary N) is 2. The number of anilines is 1. The molecule has 0 aliphatic carbocycles. The second-order valence-electron chi connectivity index (χ2n) is 7.87. The van der Waals surface area contributed by atoms with E-state index in [1.165, 1.54) is 29.1 Å². The van der Waals surface area contributed by atoms with E-state index >= 15 is 0 Å². The number of aromatic nitrogens is 2. The molecule has 4 rings (SSSR count). The van der Waals surface area contributed by atoms with Crippen molar-refractivity contribution < 1.29 is 14.0 Å². The van der Waals surface area contributed by atoms with Crippen LogP contribution in [0.3, 0.4) is 0 Å². The Morgan fingerprint density at radius 3 is 2.58 bits per heavy atom. The summed E-state index contributed by atoms with van der Waals surface area (Å²) in [6.45, 7) is 4.23. The normalized spacial score (nSPS) is 15.8. The Kier molecular flexibility index (Phi) is 6.38. The van der Waals surface area contributed by atoms with Gasteiger partial charge in [0.05, 0.1) is 22.7 Å². The number of carbonyl (C=O) groups is 2. The number of halogens is 1. The minimum Gasteiger partial charge on any atom is -0.403 e. The van der Waals surface area contributed by atoms with E-state index in [4.69, 9.17) is 11.6 Å². The van der Waals surface area contributed by atoms with E-state index in [1.807, 2.05) is 18.2 Å². The molecule has 33 heavy (non-hydrogen) atoms. The van der Waals surface area contributed by atoms with Gasteiger partial charge in [0.2, 0.25) is 0 Å². The number of aromatic amines is 1. The van der Waals surface area contributed by atoms with Gasteiger partial charge in [-0.1, -0.05) is 30.3 Å². The maximum Gasteiger partial charge on any atom is 0.295 e. The molecule has 0 saturated carbocycles. The van der Waals surface area contributed by atoms with Crippen molar-refractivity contribution in [3.63, 3.8) is 0 Å². The van der Waals surface area contributed by atoms with Crippen LogP contribution in [0.25, 0.3) is 10.9 Å². The molecule has 1 unspecified atom stereocenters. The van der Waals surface area contributed by atoms with E-state index in [1.54, 1.807) is 0 Å². The zero-order valence-corrected chi connectivity index (χ0v) is 18.2. The second kappa shape index (κ2) is 9.39. The number of hydrazine groups is 1. The van der Waals surface area contributed by atoms with Crippen molar-refractivity contribution in [2.24, 2.45) is 11.6 Å². The van der Waals surface area contributed by atoms with E-state index in [9.17, 15) is 14.0 Å². The van der Waals surface area contributed by atoms with Crippen molar-refractivity contribution in [2.75, 3.05) is 31.2 Å². The van der Waals surface area contributed by atoms with Crippen LogP contribution in [0.4, 0.5) is 10.2 Å².